The van der Waals surface area contributed by atoms with Crippen LogP contribution in [0.4, 0.5) is 0 Å². The van der Waals surface area contributed by atoms with E-state index in [0.29, 0.717) is 3.74 Å². The van der Waals surface area contributed by atoms with Crippen LogP contribution in [0, 0.1) is 0 Å². The third-order valence-electron chi connectivity index (χ3n) is 0.875. The number of nitrogens with zero attached hydrogens (tertiary/aromatic N) is 1. The van der Waals surface area contributed by atoms with Crippen LogP contribution in [0.3, 0.4) is 0 Å². The van der Waals surface area contributed by atoms with Crippen LogP contribution < -0.4 is 3.74 Å². The summed E-state index contributed by atoms with van der Waals surface area (Å²) in [7, 11) is 17.2. The predicted octanol–water partition coefficient (Wildman–Crippen LogP) is 1.94. The molecule has 10 heavy (non-hydrogen) atoms. The average Bonchev–Trinajstić information content (AvgIpc) is 1.88. The molecule has 0 radical (unpaired) electrons. The molecule has 0 unspecified atom stereocenters. The molecule has 0 N–H and O–H groups in total. The van der Waals surface area contributed by atoms with Gasteiger partial charge in [-0.2, -0.15) is 0 Å². The molecule has 1 heterocycles. The summed E-state index contributed by atoms with van der Waals surface area (Å²) in [5.74, 6) is 0. The Morgan fingerprint density at radius 3 is 2.20 bits per heavy atom. The van der Waals surface area contributed by atoms with Crippen LogP contribution in [0.25, 0.3) is 0 Å². The minimum absolute atomic E-state index is 0.634. The van der Waals surface area contributed by atoms with Crippen LogP contribution in [0.15, 0.2) is 24.4 Å². The van der Waals surface area contributed by atoms with E-state index in [1.165, 1.54) is 0 Å². The fraction of sp³-hybridized carbons (Fsp3) is 0. The first kappa shape index (κ1) is 8.90. The molecule has 56 valence electrons. The summed E-state index contributed by atoms with van der Waals surface area (Å²) in [4.78, 5) is 3.94. The van der Waals surface area contributed by atoms with E-state index in [1.54, 1.807) is 18.3 Å². The minimum atomic E-state index is -3.22. The topological polar surface area (TPSA) is 12.9 Å². The third-order valence-corrected chi connectivity index (χ3v) is 6.10. The maximum absolute atomic E-state index is 5.72. The van der Waals surface area contributed by atoms with Gasteiger partial charge in [0.1, 0.15) is 0 Å². The number of hydrogen-bond acceptors (Lipinski definition) is 1. The Morgan fingerprint density at radius 1 is 1.20 bits per heavy atom. The molecule has 0 spiro atoms. The molecule has 1 nitrogen and oxygen atoms in total. The summed E-state index contributed by atoms with van der Waals surface area (Å²) < 4.78 is 0.634. The second-order valence-corrected chi connectivity index (χ2v) is 17.6. The molecule has 0 bridgehead atoms. The van der Waals surface area contributed by atoms with Gasteiger partial charge in [-0.05, 0) is 0 Å². The van der Waals surface area contributed by atoms with Crippen molar-refractivity contribution in [1.82, 2.24) is 4.98 Å². The van der Waals surface area contributed by atoms with E-state index in [0.717, 1.165) is 0 Å². The summed E-state index contributed by atoms with van der Waals surface area (Å²) in [5, 5.41) is 0. The summed E-state index contributed by atoms with van der Waals surface area (Å²) in [6.45, 7) is 0. The van der Waals surface area contributed by atoms with Gasteiger partial charge in [-0.25, -0.2) is 0 Å². The first-order valence-corrected chi connectivity index (χ1v) is 12.5. The molecule has 0 aliphatic heterocycles. The molecule has 1 rings (SSSR count). The molecular weight excluding hydrogens is 308 g/mol. The van der Waals surface area contributed by atoms with Crippen molar-refractivity contribution in [2.75, 3.05) is 0 Å². The van der Waals surface area contributed by atoms with Gasteiger partial charge in [0.25, 0.3) is 0 Å². The molecule has 0 amide bonds. The normalized spacial score (nSPS) is 13.1. The molecule has 1 aromatic rings. The Labute approximate surface area is 74.3 Å². The van der Waals surface area contributed by atoms with Gasteiger partial charge in [0.2, 0.25) is 0 Å². The molecule has 0 saturated heterocycles. The van der Waals surface area contributed by atoms with Gasteiger partial charge in [0.15, 0.2) is 0 Å². The average molecular weight is 312 g/mol. The van der Waals surface area contributed by atoms with E-state index in [-0.39, 0.29) is 0 Å². The summed E-state index contributed by atoms with van der Waals surface area (Å²) in [6, 6.07) is 5.35. The zero-order valence-electron chi connectivity index (χ0n) is 4.80. The Kier molecular flexibility index (Phi) is 3.09. The van der Waals surface area contributed by atoms with Crippen molar-refractivity contribution in [1.29, 1.82) is 0 Å². The van der Waals surface area contributed by atoms with Crippen LogP contribution in [0.1, 0.15) is 0 Å². The van der Waals surface area contributed by atoms with Crippen LogP contribution in [0.2, 0.25) is 0 Å². The zero-order valence-corrected chi connectivity index (χ0v) is 9.40. The van der Waals surface area contributed by atoms with Gasteiger partial charge < -0.3 is 0 Å². The molecule has 0 aromatic carbocycles. The van der Waals surface area contributed by atoms with Crippen molar-refractivity contribution in [3.8, 4) is 0 Å². The molecule has 1 aromatic heterocycles. The quantitative estimate of drug-likeness (QED) is 0.722. The van der Waals surface area contributed by atoms with Gasteiger partial charge in [-0.15, -0.1) is 0 Å². The molecule has 0 aliphatic carbocycles. The van der Waals surface area contributed by atoms with Gasteiger partial charge >= 0.3 is 74.8 Å². The summed E-state index contributed by atoms with van der Waals surface area (Å²) in [5.41, 5.74) is 0. The van der Waals surface area contributed by atoms with Crippen LogP contribution in [-0.4, -0.2) is 19.8 Å². The Hall–Kier alpha value is 0.810. The maximum atomic E-state index is 5.72. The molecule has 0 atom stereocenters. The fourth-order valence-electron chi connectivity index (χ4n) is 0.484. The fourth-order valence-corrected chi connectivity index (χ4v) is 3.50. The summed E-state index contributed by atoms with van der Waals surface area (Å²) >= 11 is -3.22. The Bertz CT molecular complexity index is 208. The molecule has 0 aliphatic rings. The number of rotatable bonds is 1. The molecule has 0 fully saturated rings. The van der Waals surface area contributed by atoms with E-state index < -0.39 is 14.8 Å². The monoisotopic (exact) mass is 313 g/mol. The van der Waals surface area contributed by atoms with Crippen molar-refractivity contribution in [3.05, 3.63) is 24.4 Å². The van der Waals surface area contributed by atoms with E-state index >= 15 is 0 Å². The van der Waals surface area contributed by atoms with Crippen molar-refractivity contribution >= 4 is 45.5 Å². The van der Waals surface area contributed by atoms with Gasteiger partial charge in [0, 0.05) is 0 Å². The first-order valence-electron chi connectivity index (χ1n) is 2.44. The number of halogens is 3. The van der Waals surface area contributed by atoms with E-state index in [9.17, 15) is 0 Å². The SMILES string of the molecule is Cl[Te](Cl)(Cl)c1ccccn1. The van der Waals surface area contributed by atoms with Crippen molar-refractivity contribution in [3.63, 3.8) is 0 Å². The van der Waals surface area contributed by atoms with Gasteiger partial charge in [-0.3, -0.25) is 0 Å². The van der Waals surface area contributed by atoms with E-state index in [2.05, 4.69) is 4.98 Å². The summed E-state index contributed by atoms with van der Waals surface area (Å²) in [6.07, 6.45) is 1.63. The third kappa shape index (κ3) is 2.45. The predicted molar refractivity (Wildman–Crippen MR) is 47.2 cm³/mol. The van der Waals surface area contributed by atoms with Crippen molar-refractivity contribution in [2.24, 2.45) is 0 Å². The van der Waals surface area contributed by atoms with Crippen molar-refractivity contribution in [2.45, 2.75) is 0 Å². The van der Waals surface area contributed by atoms with Crippen LogP contribution in [-0.2, 0) is 0 Å². The number of aromatic nitrogens is 1. The standard InChI is InChI=1S/C5H4Cl3NTe/c6-10(7,8)5-3-1-2-4-9-5/h1-4H. The molecule has 5 heteroatoms. The van der Waals surface area contributed by atoms with Gasteiger partial charge in [-0.1, -0.05) is 0 Å². The molecular formula is C5H4Cl3NTe. The van der Waals surface area contributed by atoms with Crippen molar-refractivity contribution < 1.29 is 0 Å². The van der Waals surface area contributed by atoms with Gasteiger partial charge in [0.05, 0.1) is 0 Å². The Morgan fingerprint density at radius 2 is 1.90 bits per heavy atom. The zero-order chi connectivity index (χ0) is 7.61. The second kappa shape index (κ2) is 3.47. The first-order chi connectivity index (χ1) is 4.61. The van der Waals surface area contributed by atoms with E-state index in [4.69, 9.17) is 26.9 Å². The Balaban J connectivity index is 2.97. The van der Waals surface area contributed by atoms with E-state index in [1.807, 2.05) is 6.07 Å². The van der Waals surface area contributed by atoms with Crippen LogP contribution >= 0.6 is 26.9 Å². The van der Waals surface area contributed by atoms with Crippen LogP contribution in [0.5, 0.6) is 0 Å². The molecule has 0 saturated carbocycles. The second-order valence-electron chi connectivity index (χ2n) is 1.57. The number of pyridine rings is 1. The number of hydrogen-bond donors (Lipinski definition) is 0.